The van der Waals surface area contributed by atoms with E-state index in [1.165, 1.54) is 0 Å². The molecular formula is C25H24N2O6. The van der Waals surface area contributed by atoms with Crippen molar-refractivity contribution in [2.24, 2.45) is 5.92 Å². The van der Waals surface area contributed by atoms with E-state index in [9.17, 15) is 9.59 Å². The molecule has 2 aromatic carbocycles. The quantitative estimate of drug-likeness (QED) is 0.660. The zero-order valence-corrected chi connectivity index (χ0v) is 18.5. The lowest BCUT2D eigenvalue weighted by molar-refractivity contribution is -0.134. The summed E-state index contributed by atoms with van der Waals surface area (Å²) in [6.45, 7) is 0.700. The molecule has 0 spiro atoms. The van der Waals surface area contributed by atoms with Gasteiger partial charge in [-0.25, -0.2) is 0 Å². The summed E-state index contributed by atoms with van der Waals surface area (Å²) in [4.78, 5) is 31.5. The molecule has 1 fully saturated rings. The number of aromatic amines is 1. The Labute approximate surface area is 190 Å². The van der Waals surface area contributed by atoms with E-state index in [1.807, 2.05) is 29.2 Å². The van der Waals surface area contributed by atoms with Gasteiger partial charge in [-0.05, 0) is 54.7 Å². The van der Waals surface area contributed by atoms with Crippen molar-refractivity contribution in [2.45, 2.75) is 25.3 Å². The first kappa shape index (κ1) is 20.0. The van der Waals surface area contributed by atoms with Crippen LogP contribution in [0.2, 0.25) is 0 Å². The standard InChI is InChI=1S/C25H24N2O6/c1-30-19-8-14-5-6-27(25(29)13-3-4-13)23(16(14)10-20(19)31-2)17-7-15-9-21-22(33-12-32-21)11-18(15)26-24(17)28/h7-11,13,23H,3-6,12H2,1-2H3,(H,26,28)/t23-/m0/s1. The Morgan fingerprint density at radius 3 is 2.45 bits per heavy atom. The Bertz CT molecular complexity index is 1340. The summed E-state index contributed by atoms with van der Waals surface area (Å²) in [6.07, 6.45) is 2.49. The van der Waals surface area contributed by atoms with Crippen molar-refractivity contribution in [1.29, 1.82) is 0 Å². The average molecular weight is 448 g/mol. The summed E-state index contributed by atoms with van der Waals surface area (Å²) in [5.41, 5.74) is 2.88. The number of amides is 1. The van der Waals surface area contributed by atoms with Crippen LogP contribution in [0, 0.1) is 5.92 Å². The molecule has 8 nitrogen and oxygen atoms in total. The van der Waals surface area contributed by atoms with Gasteiger partial charge in [-0.2, -0.15) is 0 Å². The van der Waals surface area contributed by atoms with Crippen molar-refractivity contribution in [3.63, 3.8) is 0 Å². The number of rotatable bonds is 4. The third-order valence-corrected chi connectivity index (χ3v) is 6.74. The van der Waals surface area contributed by atoms with E-state index in [2.05, 4.69) is 4.98 Å². The molecule has 33 heavy (non-hydrogen) atoms. The number of nitrogens with zero attached hydrogens (tertiary/aromatic N) is 1. The molecule has 1 atom stereocenters. The number of aromatic nitrogens is 1. The lowest BCUT2D eigenvalue weighted by Gasteiger charge is -2.38. The topological polar surface area (TPSA) is 90.1 Å². The SMILES string of the molecule is COc1cc2c(cc1OC)[C@@H](c1cc3cc4c(cc3[nH]c1=O)OCO4)N(C(=O)C1CC1)CC2. The summed E-state index contributed by atoms with van der Waals surface area (Å²) >= 11 is 0. The molecule has 6 rings (SSSR count). The number of H-pyrrole nitrogens is 1. The van der Waals surface area contributed by atoms with Gasteiger partial charge in [0.25, 0.3) is 5.56 Å². The average Bonchev–Trinajstić information content (AvgIpc) is 3.58. The molecule has 2 aliphatic heterocycles. The first-order valence-corrected chi connectivity index (χ1v) is 11.1. The molecule has 3 heterocycles. The summed E-state index contributed by atoms with van der Waals surface area (Å²) in [7, 11) is 3.19. The maximum atomic E-state index is 13.4. The minimum atomic E-state index is -0.514. The lowest BCUT2D eigenvalue weighted by Crippen LogP contribution is -2.43. The maximum Gasteiger partial charge on any atom is 0.254 e. The van der Waals surface area contributed by atoms with Gasteiger partial charge < -0.3 is 28.8 Å². The second-order valence-electron chi connectivity index (χ2n) is 8.71. The zero-order valence-electron chi connectivity index (χ0n) is 18.5. The van der Waals surface area contributed by atoms with Gasteiger partial charge >= 0.3 is 0 Å². The monoisotopic (exact) mass is 448 g/mol. The minimum absolute atomic E-state index is 0.0440. The van der Waals surface area contributed by atoms with Crippen molar-refractivity contribution < 1.29 is 23.7 Å². The largest absolute Gasteiger partial charge is 0.493 e. The van der Waals surface area contributed by atoms with Gasteiger partial charge in [-0.1, -0.05) is 0 Å². The number of pyridine rings is 1. The summed E-state index contributed by atoms with van der Waals surface area (Å²) in [5, 5.41) is 0.820. The van der Waals surface area contributed by atoms with Crippen LogP contribution in [-0.2, 0) is 11.2 Å². The highest BCUT2D eigenvalue weighted by molar-refractivity contribution is 5.85. The van der Waals surface area contributed by atoms with Crippen LogP contribution in [0.25, 0.3) is 10.9 Å². The van der Waals surface area contributed by atoms with Gasteiger partial charge in [0.1, 0.15) is 0 Å². The molecular weight excluding hydrogens is 424 g/mol. The molecule has 0 unspecified atom stereocenters. The van der Waals surface area contributed by atoms with Crippen LogP contribution < -0.4 is 24.5 Å². The van der Waals surface area contributed by atoms with E-state index in [1.54, 1.807) is 20.3 Å². The van der Waals surface area contributed by atoms with Gasteiger partial charge in [0.2, 0.25) is 12.7 Å². The van der Waals surface area contributed by atoms with E-state index in [0.29, 0.717) is 47.0 Å². The zero-order chi connectivity index (χ0) is 22.7. The van der Waals surface area contributed by atoms with Crippen LogP contribution >= 0.6 is 0 Å². The van der Waals surface area contributed by atoms with Crippen molar-refractivity contribution >= 4 is 16.8 Å². The van der Waals surface area contributed by atoms with Crippen LogP contribution in [-0.4, -0.2) is 43.3 Å². The number of ether oxygens (including phenoxy) is 4. The molecule has 3 aromatic rings. The number of nitrogens with one attached hydrogen (secondary N) is 1. The molecule has 170 valence electrons. The van der Waals surface area contributed by atoms with Gasteiger partial charge in [0, 0.05) is 29.5 Å². The predicted molar refractivity (Wildman–Crippen MR) is 120 cm³/mol. The normalized spacial score (nSPS) is 18.8. The van der Waals surface area contributed by atoms with E-state index in [0.717, 1.165) is 29.4 Å². The molecule has 0 bridgehead atoms. The smallest absolute Gasteiger partial charge is 0.254 e. The number of carbonyl (C=O) groups is 1. The molecule has 8 heteroatoms. The van der Waals surface area contributed by atoms with Crippen LogP contribution in [0.15, 0.2) is 35.1 Å². The molecule has 1 aliphatic carbocycles. The van der Waals surface area contributed by atoms with Gasteiger partial charge in [-0.15, -0.1) is 0 Å². The maximum absolute atomic E-state index is 13.4. The lowest BCUT2D eigenvalue weighted by atomic mass is 9.87. The Morgan fingerprint density at radius 2 is 1.73 bits per heavy atom. The molecule has 1 aromatic heterocycles. The highest BCUT2D eigenvalue weighted by Gasteiger charge is 2.41. The molecule has 3 aliphatic rings. The fraction of sp³-hybridized carbons (Fsp3) is 0.360. The number of hydrogen-bond donors (Lipinski definition) is 1. The van der Waals surface area contributed by atoms with Gasteiger partial charge in [0.15, 0.2) is 23.0 Å². The van der Waals surface area contributed by atoms with Crippen molar-refractivity contribution in [1.82, 2.24) is 9.88 Å². The van der Waals surface area contributed by atoms with Gasteiger partial charge in [0.05, 0.1) is 25.8 Å². The Kier molecular flexibility index (Phi) is 4.50. The van der Waals surface area contributed by atoms with Crippen LogP contribution in [0.5, 0.6) is 23.0 Å². The second kappa shape index (κ2) is 7.43. The number of fused-ring (bicyclic) bond motifs is 3. The van der Waals surface area contributed by atoms with E-state index < -0.39 is 6.04 Å². The number of methoxy groups -OCH3 is 2. The van der Waals surface area contributed by atoms with E-state index in [-0.39, 0.29) is 24.2 Å². The first-order valence-electron chi connectivity index (χ1n) is 11.1. The Hall–Kier alpha value is -3.68. The predicted octanol–water partition coefficient (Wildman–Crippen LogP) is 3.16. The molecule has 1 N–H and O–H groups in total. The Morgan fingerprint density at radius 1 is 1.00 bits per heavy atom. The van der Waals surface area contributed by atoms with Crippen molar-refractivity contribution in [2.75, 3.05) is 27.6 Å². The third-order valence-electron chi connectivity index (χ3n) is 6.74. The van der Waals surface area contributed by atoms with Crippen LogP contribution in [0.1, 0.15) is 35.6 Å². The van der Waals surface area contributed by atoms with Crippen LogP contribution in [0.3, 0.4) is 0 Å². The van der Waals surface area contributed by atoms with E-state index in [4.69, 9.17) is 18.9 Å². The van der Waals surface area contributed by atoms with E-state index >= 15 is 0 Å². The second-order valence-corrected chi connectivity index (χ2v) is 8.71. The number of benzene rings is 2. The third kappa shape index (κ3) is 3.20. The van der Waals surface area contributed by atoms with Crippen LogP contribution in [0.4, 0.5) is 0 Å². The molecule has 1 amide bonds. The summed E-state index contributed by atoms with van der Waals surface area (Å²) < 4.78 is 22.0. The summed E-state index contributed by atoms with van der Waals surface area (Å²) in [5.74, 6) is 2.60. The Balaban J connectivity index is 1.55. The fourth-order valence-electron chi connectivity index (χ4n) is 4.90. The number of carbonyl (C=O) groups excluding carboxylic acids is 1. The highest BCUT2D eigenvalue weighted by atomic mass is 16.7. The van der Waals surface area contributed by atoms with Gasteiger partial charge in [-0.3, -0.25) is 9.59 Å². The molecule has 1 saturated carbocycles. The summed E-state index contributed by atoms with van der Waals surface area (Å²) in [6, 6.07) is 8.84. The first-order chi connectivity index (χ1) is 16.1. The van der Waals surface area contributed by atoms with Crippen molar-refractivity contribution in [3.05, 3.63) is 57.4 Å². The number of hydrogen-bond acceptors (Lipinski definition) is 6. The van der Waals surface area contributed by atoms with Crippen molar-refractivity contribution in [3.8, 4) is 23.0 Å². The highest BCUT2D eigenvalue weighted by Crippen LogP contribution is 2.43. The molecule has 0 saturated heterocycles. The fourth-order valence-corrected chi connectivity index (χ4v) is 4.90. The molecule has 0 radical (unpaired) electrons. The minimum Gasteiger partial charge on any atom is -0.493 e.